The summed E-state index contributed by atoms with van der Waals surface area (Å²) in [4.78, 5) is 47.8. The zero-order valence-electron chi connectivity index (χ0n) is 19.4. The highest BCUT2D eigenvalue weighted by atomic mass is 16.5. The van der Waals surface area contributed by atoms with E-state index in [1.165, 1.54) is 0 Å². The fourth-order valence-electron chi connectivity index (χ4n) is 4.36. The molecule has 1 fully saturated rings. The third-order valence-electron chi connectivity index (χ3n) is 6.12. The number of ether oxygens (including phenoxy) is 1. The van der Waals surface area contributed by atoms with E-state index in [1.54, 1.807) is 24.3 Å². The zero-order chi connectivity index (χ0) is 23.5. The summed E-state index contributed by atoms with van der Waals surface area (Å²) in [6.45, 7) is 9.13. The zero-order valence-corrected chi connectivity index (χ0v) is 19.4. The number of carbonyl (C=O) groups is 2. The Morgan fingerprint density at radius 1 is 1.26 bits per heavy atom. The lowest BCUT2D eigenvalue weighted by molar-refractivity contribution is -0.123. The summed E-state index contributed by atoms with van der Waals surface area (Å²) in [5.74, 6) is -0.583. The lowest BCUT2D eigenvalue weighted by Crippen LogP contribution is -2.41. The van der Waals surface area contributed by atoms with Crippen molar-refractivity contribution >= 4 is 35.0 Å². The van der Waals surface area contributed by atoms with Crippen LogP contribution in [0.15, 0.2) is 35.6 Å². The van der Waals surface area contributed by atoms with Crippen LogP contribution in [-0.4, -0.2) is 46.5 Å². The van der Waals surface area contributed by atoms with E-state index in [0.29, 0.717) is 24.0 Å². The third kappa shape index (κ3) is 5.12. The second-order valence-electron chi connectivity index (χ2n) is 8.42. The lowest BCUT2D eigenvalue weighted by Gasteiger charge is -2.34. The van der Waals surface area contributed by atoms with Crippen LogP contribution in [-0.2, 0) is 14.3 Å². The maximum Gasteiger partial charge on any atom is 0.258 e. The monoisotopic (exact) mass is 469 g/mol. The van der Waals surface area contributed by atoms with E-state index in [2.05, 4.69) is 34.1 Å². The molecule has 10 heteroatoms. The smallest absolute Gasteiger partial charge is 0.258 e. The molecule has 3 heterocycles. The molecule has 182 valence electrons. The van der Waals surface area contributed by atoms with Crippen molar-refractivity contribution in [2.75, 3.05) is 28.7 Å². The van der Waals surface area contributed by atoms with Crippen molar-refractivity contribution in [2.45, 2.75) is 51.5 Å². The molecule has 5 N–H and O–H groups in total. The van der Waals surface area contributed by atoms with Gasteiger partial charge in [-0.2, -0.15) is 4.98 Å². The maximum absolute atomic E-state index is 13.1. The molecule has 2 amide bonds. The van der Waals surface area contributed by atoms with E-state index < -0.39 is 17.4 Å². The van der Waals surface area contributed by atoms with E-state index in [0.717, 1.165) is 31.4 Å². The van der Waals surface area contributed by atoms with E-state index in [9.17, 15) is 14.4 Å². The van der Waals surface area contributed by atoms with Crippen molar-refractivity contribution in [1.29, 1.82) is 0 Å². The van der Waals surface area contributed by atoms with E-state index in [-0.39, 0.29) is 35.2 Å². The van der Waals surface area contributed by atoms with Crippen molar-refractivity contribution < 1.29 is 19.8 Å². The van der Waals surface area contributed by atoms with Gasteiger partial charge >= 0.3 is 0 Å². The Morgan fingerprint density at radius 3 is 2.68 bits per heavy atom. The average molecular weight is 470 g/mol. The Labute approximate surface area is 197 Å². The number of hydrogen-bond donors (Lipinski definition) is 3. The van der Waals surface area contributed by atoms with Gasteiger partial charge in [-0.1, -0.05) is 6.58 Å². The highest BCUT2D eigenvalue weighted by Crippen LogP contribution is 2.31. The topological polar surface area (TPSA) is 148 Å². The molecule has 0 radical (unpaired) electrons. The van der Waals surface area contributed by atoms with Crippen molar-refractivity contribution in [2.24, 2.45) is 0 Å². The fraction of sp³-hybridized carbons (Fsp3) is 0.417. The van der Waals surface area contributed by atoms with E-state index in [1.807, 2.05) is 11.8 Å². The predicted octanol–water partition coefficient (Wildman–Crippen LogP) is 2.40. The van der Waals surface area contributed by atoms with Gasteiger partial charge in [-0.15, -0.1) is 0 Å². The number of carbonyl (C=O) groups excluding carboxylic acids is 2. The maximum atomic E-state index is 13.1. The molecule has 1 aromatic carbocycles. The summed E-state index contributed by atoms with van der Waals surface area (Å²) in [5.41, 5.74) is 1.12. The molecule has 0 aliphatic carbocycles. The Balaban J connectivity index is 0.00000324. The van der Waals surface area contributed by atoms with Crippen molar-refractivity contribution in [3.8, 4) is 0 Å². The summed E-state index contributed by atoms with van der Waals surface area (Å²) in [6, 6.07) is 7.26. The number of amides is 2. The van der Waals surface area contributed by atoms with Crippen LogP contribution in [0, 0.1) is 0 Å². The summed E-state index contributed by atoms with van der Waals surface area (Å²) >= 11 is 0. The summed E-state index contributed by atoms with van der Waals surface area (Å²) < 4.78 is 5.39. The van der Waals surface area contributed by atoms with Gasteiger partial charge in [0.05, 0.1) is 18.1 Å². The second kappa shape index (κ2) is 10.5. The van der Waals surface area contributed by atoms with E-state index in [4.69, 9.17) is 4.74 Å². The minimum absolute atomic E-state index is 0. The first-order chi connectivity index (χ1) is 15.9. The molecule has 2 aliphatic heterocycles. The normalized spacial score (nSPS) is 19.4. The second-order valence-corrected chi connectivity index (χ2v) is 8.42. The Morgan fingerprint density at radius 2 is 2.00 bits per heavy atom. The van der Waals surface area contributed by atoms with Gasteiger partial charge in [-0.25, -0.2) is 0 Å². The first kappa shape index (κ1) is 25.0. The molecule has 0 saturated carbocycles. The Hall–Kier alpha value is -3.66. The van der Waals surface area contributed by atoms with Crippen molar-refractivity contribution in [3.63, 3.8) is 0 Å². The molecule has 1 aromatic heterocycles. The number of aromatic nitrogens is 2. The highest BCUT2D eigenvalue weighted by Gasteiger charge is 2.35. The highest BCUT2D eigenvalue weighted by molar-refractivity contribution is 6.04. The fourth-order valence-corrected chi connectivity index (χ4v) is 4.36. The average Bonchev–Trinajstić information content (AvgIpc) is 2.79. The predicted molar refractivity (Wildman–Crippen MR) is 131 cm³/mol. The van der Waals surface area contributed by atoms with Gasteiger partial charge in [-0.05, 0) is 57.4 Å². The van der Waals surface area contributed by atoms with Gasteiger partial charge < -0.3 is 25.7 Å². The number of rotatable bonds is 6. The van der Waals surface area contributed by atoms with Crippen LogP contribution in [0.2, 0.25) is 0 Å². The first-order valence-electron chi connectivity index (χ1n) is 11.3. The molecule has 10 nitrogen and oxygen atoms in total. The number of nitrogens with one attached hydrogen (secondary N) is 3. The molecule has 2 aliphatic rings. The van der Waals surface area contributed by atoms with Crippen LogP contribution >= 0.6 is 0 Å². The van der Waals surface area contributed by atoms with Crippen LogP contribution < -0.4 is 21.1 Å². The largest absolute Gasteiger partial charge is 0.494 e. The molecular weight excluding hydrogens is 438 g/mol. The van der Waals surface area contributed by atoms with Gasteiger partial charge in [0.2, 0.25) is 17.8 Å². The molecule has 2 atom stereocenters. The minimum atomic E-state index is -0.934. The lowest BCUT2D eigenvalue weighted by atomic mass is 9.92. The van der Waals surface area contributed by atoms with Gasteiger partial charge in [0.15, 0.2) is 0 Å². The Bertz CT molecular complexity index is 1130. The van der Waals surface area contributed by atoms with Gasteiger partial charge in [-0.3, -0.25) is 19.4 Å². The quantitative estimate of drug-likeness (QED) is 0.553. The standard InChI is InChI=1S/C24H29N5O4.H2O/c1-4-33-15(3)16-8-10-17(11-9-16)25-22(31)18-13-19(30)26-21-20(18)23(32)28-24(27-21)29-12-6-5-7-14(29)2;/h8-11,14,18H,3-7,12-13H2,1-2H3,(H,25,31)(H2,26,27,28,30,32);1H2. The molecule has 2 aromatic rings. The number of benzene rings is 1. The molecule has 4 rings (SSSR count). The van der Waals surface area contributed by atoms with Crippen LogP contribution in [0.4, 0.5) is 17.5 Å². The summed E-state index contributed by atoms with van der Waals surface area (Å²) in [5, 5.41) is 5.48. The van der Waals surface area contributed by atoms with Crippen LogP contribution in [0.25, 0.3) is 5.76 Å². The molecule has 34 heavy (non-hydrogen) atoms. The van der Waals surface area contributed by atoms with Gasteiger partial charge in [0.25, 0.3) is 5.56 Å². The third-order valence-corrected chi connectivity index (χ3v) is 6.12. The molecule has 1 saturated heterocycles. The first-order valence-corrected chi connectivity index (χ1v) is 11.3. The van der Waals surface area contributed by atoms with Crippen LogP contribution in [0.1, 0.15) is 56.6 Å². The molecular formula is C24H31N5O5. The molecule has 2 unspecified atom stereocenters. The van der Waals surface area contributed by atoms with Gasteiger partial charge in [0, 0.05) is 30.3 Å². The number of H-pyrrole nitrogens is 1. The van der Waals surface area contributed by atoms with Crippen molar-refractivity contribution in [3.05, 3.63) is 52.3 Å². The number of hydrogen-bond acceptors (Lipinski definition) is 6. The molecule has 0 spiro atoms. The summed E-state index contributed by atoms with van der Waals surface area (Å²) in [6.07, 6.45) is 3.03. The molecule has 0 bridgehead atoms. The number of nitrogens with zero attached hydrogens (tertiary/aromatic N) is 2. The van der Waals surface area contributed by atoms with Gasteiger partial charge in [0.1, 0.15) is 11.6 Å². The minimum Gasteiger partial charge on any atom is -0.494 e. The number of fused-ring (bicyclic) bond motifs is 1. The number of anilines is 3. The van der Waals surface area contributed by atoms with Crippen LogP contribution in [0.3, 0.4) is 0 Å². The van der Waals surface area contributed by atoms with Crippen molar-refractivity contribution in [1.82, 2.24) is 9.97 Å². The number of piperidine rings is 1. The van der Waals surface area contributed by atoms with Crippen LogP contribution in [0.5, 0.6) is 0 Å². The Kier molecular flexibility index (Phi) is 7.72. The van der Waals surface area contributed by atoms with E-state index >= 15 is 0 Å². The SMILES string of the molecule is C=C(OCC)c1ccc(NC(=O)C2CC(=O)Nc3nc(N4CCCCC4C)[nH]c(=O)c32)cc1.O. The number of aromatic amines is 1. The summed E-state index contributed by atoms with van der Waals surface area (Å²) in [7, 11) is 0.